The Morgan fingerprint density at radius 1 is 1.29 bits per heavy atom. The third kappa shape index (κ3) is 3.66. The minimum absolute atomic E-state index is 0.0362. The molecule has 5 heteroatoms. The molecule has 0 amide bonds. The Morgan fingerprint density at radius 2 is 1.88 bits per heavy atom. The molecule has 102 valence electrons. The van der Waals surface area contributed by atoms with E-state index in [4.69, 9.17) is 4.74 Å². The van der Waals surface area contributed by atoms with E-state index in [9.17, 15) is 8.42 Å². The van der Waals surface area contributed by atoms with Gasteiger partial charge < -0.3 is 10.1 Å². The summed E-state index contributed by atoms with van der Waals surface area (Å²) in [4.78, 5) is 0. The molecule has 1 saturated carbocycles. The van der Waals surface area contributed by atoms with Gasteiger partial charge in [0.15, 0.2) is 9.84 Å². The fourth-order valence-corrected chi connectivity index (χ4v) is 2.88. The van der Waals surface area contributed by atoms with Crippen molar-refractivity contribution in [2.45, 2.75) is 50.4 Å². The van der Waals surface area contributed by atoms with Gasteiger partial charge in [-0.1, -0.05) is 0 Å². The van der Waals surface area contributed by atoms with Gasteiger partial charge in [0.05, 0.1) is 16.1 Å². The Morgan fingerprint density at radius 3 is 2.24 bits per heavy atom. The van der Waals surface area contributed by atoms with Crippen LogP contribution >= 0.6 is 0 Å². The fourth-order valence-electron chi connectivity index (χ4n) is 1.85. The van der Waals surface area contributed by atoms with Crippen LogP contribution in [0.1, 0.15) is 40.0 Å². The lowest BCUT2D eigenvalue weighted by molar-refractivity contribution is -0.0689. The lowest BCUT2D eigenvalue weighted by Gasteiger charge is -2.40. The minimum atomic E-state index is -3.01. The topological polar surface area (TPSA) is 55.4 Å². The van der Waals surface area contributed by atoms with Crippen LogP contribution in [-0.2, 0) is 14.6 Å². The highest BCUT2D eigenvalue weighted by Gasteiger charge is 2.36. The molecule has 0 aromatic heterocycles. The predicted molar refractivity (Wildman–Crippen MR) is 70.0 cm³/mol. The molecule has 17 heavy (non-hydrogen) atoms. The van der Waals surface area contributed by atoms with Gasteiger partial charge in [0.1, 0.15) is 0 Å². The van der Waals surface area contributed by atoms with Crippen molar-refractivity contribution in [1.82, 2.24) is 5.32 Å². The highest BCUT2D eigenvalue weighted by atomic mass is 32.2. The average Bonchev–Trinajstić information content (AvgIpc) is 2.13. The summed E-state index contributed by atoms with van der Waals surface area (Å²) in [7, 11) is -1.29. The van der Waals surface area contributed by atoms with Crippen LogP contribution in [0.15, 0.2) is 0 Å². The van der Waals surface area contributed by atoms with Gasteiger partial charge in [-0.3, -0.25) is 0 Å². The average molecular weight is 263 g/mol. The van der Waals surface area contributed by atoms with Crippen molar-refractivity contribution >= 4 is 9.84 Å². The predicted octanol–water partition coefficient (Wildman–Crippen LogP) is 1.36. The van der Waals surface area contributed by atoms with Crippen LogP contribution < -0.4 is 5.32 Å². The van der Waals surface area contributed by atoms with E-state index >= 15 is 0 Å². The van der Waals surface area contributed by atoms with Gasteiger partial charge in [-0.2, -0.15) is 0 Å². The summed E-state index contributed by atoms with van der Waals surface area (Å²) >= 11 is 0. The summed E-state index contributed by atoms with van der Waals surface area (Å²) in [6.45, 7) is 6.48. The van der Waals surface area contributed by atoms with E-state index in [0.717, 1.165) is 19.4 Å². The quantitative estimate of drug-likeness (QED) is 0.735. The van der Waals surface area contributed by atoms with Crippen LogP contribution in [0.3, 0.4) is 0 Å². The maximum atomic E-state index is 11.9. The Kier molecular flexibility index (Phi) is 4.60. The van der Waals surface area contributed by atoms with Crippen molar-refractivity contribution in [2.24, 2.45) is 0 Å². The molecule has 0 bridgehead atoms. The van der Waals surface area contributed by atoms with Gasteiger partial charge in [-0.05, 0) is 40.0 Å². The normalized spacial score (nSPS) is 20.0. The van der Waals surface area contributed by atoms with E-state index < -0.39 is 14.6 Å². The van der Waals surface area contributed by atoms with Crippen molar-refractivity contribution in [2.75, 3.05) is 26.0 Å². The van der Waals surface area contributed by atoms with Gasteiger partial charge in [-0.25, -0.2) is 8.42 Å². The lowest BCUT2D eigenvalue weighted by atomic mass is 9.80. The molecule has 0 aromatic carbocycles. The summed E-state index contributed by atoms with van der Waals surface area (Å²) in [5, 5.41) is 3.20. The maximum Gasteiger partial charge on any atom is 0.156 e. The van der Waals surface area contributed by atoms with Crippen LogP contribution in [-0.4, -0.2) is 44.7 Å². The Balaban J connectivity index is 2.29. The minimum Gasteiger partial charge on any atom is -0.377 e. The van der Waals surface area contributed by atoms with E-state index in [0.29, 0.717) is 6.54 Å². The third-order valence-electron chi connectivity index (χ3n) is 3.63. The molecule has 1 N–H and O–H groups in total. The van der Waals surface area contributed by atoms with E-state index in [-0.39, 0.29) is 11.4 Å². The van der Waals surface area contributed by atoms with Gasteiger partial charge in [0.2, 0.25) is 0 Å². The SMILES string of the molecule is COC1(CNCCS(=O)(=O)C(C)(C)C)CCC1. The van der Waals surface area contributed by atoms with Crippen LogP contribution in [0.25, 0.3) is 0 Å². The summed E-state index contributed by atoms with van der Waals surface area (Å²) < 4.78 is 28.5. The number of hydrogen-bond donors (Lipinski definition) is 1. The first-order valence-electron chi connectivity index (χ1n) is 6.21. The molecule has 1 aliphatic carbocycles. The van der Waals surface area contributed by atoms with Crippen LogP contribution in [0.2, 0.25) is 0 Å². The second-order valence-corrected chi connectivity index (χ2v) is 8.71. The number of methoxy groups -OCH3 is 1. The van der Waals surface area contributed by atoms with Gasteiger partial charge in [-0.15, -0.1) is 0 Å². The molecular formula is C12H25NO3S. The first-order chi connectivity index (χ1) is 7.72. The lowest BCUT2D eigenvalue weighted by Crippen LogP contribution is -2.49. The van der Waals surface area contributed by atoms with Crippen LogP contribution in [0.4, 0.5) is 0 Å². The number of hydrogen-bond acceptors (Lipinski definition) is 4. The molecular weight excluding hydrogens is 238 g/mol. The molecule has 1 aliphatic rings. The highest BCUT2D eigenvalue weighted by molar-refractivity contribution is 7.92. The van der Waals surface area contributed by atoms with Gasteiger partial charge in [0.25, 0.3) is 0 Å². The zero-order valence-electron chi connectivity index (χ0n) is 11.4. The number of nitrogens with one attached hydrogen (secondary N) is 1. The van der Waals surface area contributed by atoms with Gasteiger partial charge in [0, 0.05) is 20.2 Å². The van der Waals surface area contributed by atoms with E-state index in [1.807, 2.05) is 0 Å². The molecule has 0 saturated heterocycles. The standard InChI is InChI=1S/C12H25NO3S/c1-11(2,3)17(14,15)9-8-13-10-12(16-4)6-5-7-12/h13H,5-10H2,1-4H3. The Hall–Kier alpha value is -0.130. The molecule has 1 rings (SSSR count). The maximum absolute atomic E-state index is 11.9. The summed E-state index contributed by atoms with van der Waals surface area (Å²) in [6, 6.07) is 0. The van der Waals surface area contributed by atoms with Crippen molar-refractivity contribution in [3.05, 3.63) is 0 Å². The second-order valence-electron chi connectivity index (χ2n) is 5.85. The summed E-state index contributed by atoms with van der Waals surface area (Å²) in [5.74, 6) is 0.191. The molecule has 0 aromatic rings. The molecule has 4 nitrogen and oxygen atoms in total. The molecule has 0 radical (unpaired) electrons. The number of rotatable bonds is 6. The molecule has 1 fully saturated rings. The summed E-state index contributed by atoms with van der Waals surface area (Å²) in [5.41, 5.74) is -0.0362. The van der Waals surface area contributed by atoms with Crippen molar-refractivity contribution in [3.63, 3.8) is 0 Å². The molecule has 0 aliphatic heterocycles. The van der Waals surface area contributed by atoms with E-state index in [2.05, 4.69) is 5.32 Å². The highest BCUT2D eigenvalue weighted by Crippen LogP contribution is 2.34. The van der Waals surface area contributed by atoms with E-state index in [1.54, 1.807) is 27.9 Å². The Bertz CT molecular complexity index is 334. The largest absolute Gasteiger partial charge is 0.377 e. The third-order valence-corrected chi connectivity index (χ3v) is 6.23. The molecule has 0 atom stereocenters. The van der Waals surface area contributed by atoms with Crippen molar-refractivity contribution in [1.29, 1.82) is 0 Å². The second kappa shape index (κ2) is 5.24. The number of ether oxygens (including phenoxy) is 1. The molecule has 0 heterocycles. The first kappa shape index (κ1) is 14.9. The zero-order chi connectivity index (χ0) is 13.2. The zero-order valence-corrected chi connectivity index (χ0v) is 12.2. The van der Waals surface area contributed by atoms with Gasteiger partial charge >= 0.3 is 0 Å². The number of sulfone groups is 1. The first-order valence-corrected chi connectivity index (χ1v) is 7.86. The monoisotopic (exact) mass is 263 g/mol. The smallest absolute Gasteiger partial charge is 0.156 e. The van der Waals surface area contributed by atoms with Crippen molar-refractivity contribution < 1.29 is 13.2 Å². The molecule has 0 unspecified atom stereocenters. The van der Waals surface area contributed by atoms with E-state index in [1.165, 1.54) is 6.42 Å². The Labute approximate surface area is 105 Å². The van der Waals surface area contributed by atoms with Crippen molar-refractivity contribution in [3.8, 4) is 0 Å². The molecule has 0 spiro atoms. The fraction of sp³-hybridized carbons (Fsp3) is 1.00. The van der Waals surface area contributed by atoms with Crippen LogP contribution in [0.5, 0.6) is 0 Å². The summed E-state index contributed by atoms with van der Waals surface area (Å²) in [6.07, 6.45) is 3.35. The van der Waals surface area contributed by atoms with Crippen LogP contribution in [0, 0.1) is 0 Å².